The van der Waals surface area contributed by atoms with Crippen molar-refractivity contribution in [1.82, 2.24) is 19.2 Å². The molecule has 0 fully saturated rings. The fourth-order valence-electron chi connectivity index (χ4n) is 2.50. The Hall–Kier alpha value is -3.05. The highest BCUT2D eigenvalue weighted by molar-refractivity contribution is 5.66. The number of nitrogens with zero attached hydrogens (tertiary/aromatic N) is 4. The first-order valence-corrected chi connectivity index (χ1v) is 7.56. The van der Waals surface area contributed by atoms with Gasteiger partial charge in [0.1, 0.15) is 11.4 Å². The van der Waals surface area contributed by atoms with E-state index in [9.17, 15) is 31.1 Å². The van der Waals surface area contributed by atoms with Crippen LogP contribution in [0.15, 0.2) is 35.5 Å². The summed E-state index contributed by atoms with van der Waals surface area (Å²) >= 11 is 0. The highest BCUT2D eigenvalue weighted by Crippen LogP contribution is 2.34. The summed E-state index contributed by atoms with van der Waals surface area (Å²) in [5.74, 6) is -0.340. The van der Waals surface area contributed by atoms with Crippen LogP contribution in [-0.4, -0.2) is 32.4 Å². The summed E-state index contributed by atoms with van der Waals surface area (Å²) in [6.45, 7) is -0.650. The first-order valence-electron chi connectivity index (χ1n) is 9.06. The second-order valence-electron chi connectivity index (χ2n) is 5.69. The van der Waals surface area contributed by atoms with Gasteiger partial charge in [0.05, 0.1) is 29.3 Å². The zero-order valence-electron chi connectivity index (χ0n) is 16.7. The van der Waals surface area contributed by atoms with E-state index >= 15 is 0 Å². The number of pyridine rings is 1. The third-order valence-electron chi connectivity index (χ3n) is 3.73. The zero-order valence-corrected chi connectivity index (χ0v) is 13.7. The normalized spacial score (nSPS) is 14.6. The molecule has 0 saturated carbocycles. The maximum atomic E-state index is 13.6. The van der Waals surface area contributed by atoms with Gasteiger partial charge in [0.2, 0.25) is 0 Å². The van der Waals surface area contributed by atoms with Crippen LogP contribution in [-0.2, 0) is 12.7 Å². The van der Waals surface area contributed by atoms with Crippen molar-refractivity contribution in [3.8, 4) is 16.9 Å². The standard InChI is InChI=1S/C16H12F6N4O2/c1-28-10-2-4-26-11(6-10)24-13(16(20,21)22)12(14(26)27)9-7-23-25(8-9)5-3-15(17,18)19/h2,4,6-8H,3,5H2,1H3/i1D3. The predicted octanol–water partition coefficient (Wildman–Crippen LogP) is 3.54. The largest absolute Gasteiger partial charge is 0.497 e. The van der Waals surface area contributed by atoms with Crippen LogP contribution in [0, 0.1) is 0 Å². The van der Waals surface area contributed by atoms with Crippen molar-refractivity contribution in [2.24, 2.45) is 0 Å². The first kappa shape index (κ1) is 16.0. The molecular formula is C16H12F6N4O2. The van der Waals surface area contributed by atoms with Crippen LogP contribution < -0.4 is 10.3 Å². The fourth-order valence-corrected chi connectivity index (χ4v) is 2.50. The first-order chi connectivity index (χ1) is 14.1. The van der Waals surface area contributed by atoms with Gasteiger partial charge in [-0.2, -0.15) is 31.4 Å². The monoisotopic (exact) mass is 409 g/mol. The summed E-state index contributed by atoms with van der Waals surface area (Å²) in [5, 5.41) is 3.59. The molecule has 0 bridgehead atoms. The quantitative estimate of drug-likeness (QED) is 0.619. The maximum Gasteiger partial charge on any atom is 0.434 e. The molecule has 12 heteroatoms. The average molecular weight is 409 g/mol. The number of ether oxygens (including phenoxy) is 1. The van der Waals surface area contributed by atoms with Gasteiger partial charge in [0, 0.05) is 30.6 Å². The van der Waals surface area contributed by atoms with Gasteiger partial charge in [-0.3, -0.25) is 13.9 Å². The molecule has 3 rings (SSSR count). The number of fused-ring (bicyclic) bond motifs is 1. The summed E-state index contributed by atoms with van der Waals surface area (Å²) in [4.78, 5) is 16.2. The van der Waals surface area contributed by atoms with Gasteiger partial charge in [-0.25, -0.2) is 4.98 Å². The van der Waals surface area contributed by atoms with Crippen LogP contribution in [0.3, 0.4) is 0 Å². The topological polar surface area (TPSA) is 61.4 Å². The molecule has 0 aromatic carbocycles. The van der Waals surface area contributed by atoms with Crippen molar-refractivity contribution in [3.05, 3.63) is 46.8 Å². The molecule has 0 atom stereocenters. The lowest BCUT2D eigenvalue weighted by molar-refractivity contribution is -0.140. The summed E-state index contributed by atoms with van der Waals surface area (Å²) in [6.07, 6.45) is -8.16. The number of rotatable bonds is 4. The number of halogens is 6. The van der Waals surface area contributed by atoms with E-state index in [0.717, 1.165) is 39.8 Å². The van der Waals surface area contributed by atoms with Crippen molar-refractivity contribution in [2.45, 2.75) is 25.3 Å². The van der Waals surface area contributed by atoms with Gasteiger partial charge in [0.25, 0.3) is 5.56 Å². The second-order valence-corrected chi connectivity index (χ2v) is 5.69. The molecule has 28 heavy (non-hydrogen) atoms. The number of hydrogen-bond acceptors (Lipinski definition) is 4. The number of aromatic nitrogens is 4. The molecule has 0 saturated heterocycles. The van der Waals surface area contributed by atoms with Crippen molar-refractivity contribution in [2.75, 3.05) is 7.04 Å². The minimum absolute atomic E-state index is 0.340. The lowest BCUT2D eigenvalue weighted by atomic mass is 10.1. The SMILES string of the molecule is [2H]C([2H])([2H])Oc1ccn2c(=O)c(-c3cnn(CCC(F)(F)F)c3)c(C(F)(F)F)nc2c1. The predicted molar refractivity (Wildman–Crippen MR) is 84.9 cm³/mol. The van der Waals surface area contributed by atoms with E-state index in [0.29, 0.717) is 0 Å². The Labute approximate surface area is 157 Å². The Kier molecular flexibility index (Phi) is 3.90. The summed E-state index contributed by atoms with van der Waals surface area (Å²) in [6, 6.07) is 1.89. The van der Waals surface area contributed by atoms with E-state index in [2.05, 4.69) is 14.8 Å². The third kappa shape index (κ3) is 3.94. The Morgan fingerprint density at radius 3 is 2.64 bits per heavy atom. The highest BCUT2D eigenvalue weighted by atomic mass is 19.4. The van der Waals surface area contributed by atoms with Gasteiger partial charge < -0.3 is 4.74 Å². The molecule has 6 nitrogen and oxygen atoms in total. The number of methoxy groups -OCH3 is 1. The number of hydrogen-bond donors (Lipinski definition) is 0. The Morgan fingerprint density at radius 1 is 1.25 bits per heavy atom. The zero-order chi connectivity index (χ0) is 23.2. The third-order valence-corrected chi connectivity index (χ3v) is 3.73. The molecule has 3 aromatic rings. The smallest absolute Gasteiger partial charge is 0.434 e. The van der Waals surface area contributed by atoms with Gasteiger partial charge in [-0.1, -0.05) is 0 Å². The molecule has 0 aliphatic heterocycles. The second kappa shape index (κ2) is 6.84. The summed E-state index contributed by atoms with van der Waals surface area (Å²) in [5.41, 5.74) is -4.59. The molecule has 0 aliphatic rings. The molecule has 3 aromatic heterocycles. The average Bonchev–Trinajstić information content (AvgIpc) is 3.05. The molecule has 0 spiro atoms. The van der Waals surface area contributed by atoms with Gasteiger partial charge in [0.15, 0.2) is 5.69 Å². The molecule has 0 aliphatic carbocycles. The molecular weight excluding hydrogens is 394 g/mol. The minimum Gasteiger partial charge on any atom is -0.497 e. The molecule has 0 unspecified atom stereocenters. The van der Waals surface area contributed by atoms with Crippen molar-refractivity contribution < 1.29 is 35.2 Å². The van der Waals surface area contributed by atoms with E-state index < -0.39 is 54.8 Å². The van der Waals surface area contributed by atoms with Crippen LogP contribution in [0.2, 0.25) is 0 Å². The van der Waals surface area contributed by atoms with Crippen LogP contribution >= 0.6 is 0 Å². The molecule has 0 N–H and O–H groups in total. The molecule has 150 valence electrons. The highest BCUT2D eigenvalue weighted by Gasteiger charge is 2.38. The van der Waals surface area contributed by atoms with E-state index in [1.807, 2.05) is 0 Å². The molecule has 0 radical (unpaired) electrons. The van der Waals surface area contributed by atoms with Crippen molar-refractivity contribution >= 4 is 5.65 Å². The molecule has 3 heterocycles. The van der Waals surface area contributed by atoms with E-state index in [4.69, 9.17) is 4.11 Å². The Morgan fingerprint density at radius 2 is 2.00 bits per heavy atom. The van der Waals surface area contributed by atoms with Gasteiger partial charge in [-0.15, -0.1) is 0 Å². The van der Waals surface area contributed by atoms with E-state index in [-0.39, 0.29) is 11.3 Å². The number of aryl methyl sites for hydroxylation is 1. The van der Waals surface area contributed by atoms with Crippen LogP contribution in [0.25, 0.3) is 16.8 Å². The Bertz CT molecular complexity index is 1170. The van der Waals surface area contributed by atoms with Crippen LogP contribution in [0.1, 0.15) is 16.2 Å². The van der Waals surface area contributed by atoms with Gasteiger partial charge >= 0.3 is 12.4 Å². The van der Waals surface area contributed by atoms with E-state index in [1.165, 1.54) is 0 Å². The lowest BCUT2D eigenvalue weighted by Crippen LogP contribution is -2.24. The van der Waals surface area contributed by atoms with Crippen LogP contribution in [0.5, 0.6) is 5.75 Å². The van der Waals surface area contributed by atoms with E-state index in [1.54, 1.807) is 0 Å². The molecule has 0 amide bonds. The summed E-state index contributed by atoms with van der Waals surface area (Å²) < 4.78 is 105. The maximum absolute atomic E-state index is 13.6. The van der Waals surface area contributed by atoms with Crippen LogP contribution in [0.4, 0.5) is 26.3 Å². The van der Waals surface area contributed by atoms with Gasteiger partial charge in [-0.05, 0) is 6.07 Å². The summed E-state index contributed by atoms with van der Waals surface area (Å²) in [7, 11) is -2.88. The van der Waals surface area contributed by atoms with Crippen molar-refractivity contribution in [3.63, 3.8) is 0 Å². The van der Waals surface area contributed by atoms with Crippen molar-refractivity contribution in [1.29, 1.82) is 0 Å². The fraction of sp³-hybridized carbons (Fsp3) is 0.312. The minimum atomic E-state index is -5.10. The number of alkyl halides is 6. The lowest BCUT2D eigenvalue weighted by Gasteiger charge is -2.13. The Balaban J connectivity index is 2.13.